The Morgan fingerprint density at radius 3 is 3.05 bits per heavy atom. The molecule has 5 heteroatoms. The number of rotatable bonds is 5. The molecule has 0 saturated carbocycles. The van der Waals surface area contributed by atoms with Crippen LogP contribution in [0.1, 0.15) is 23.2 Å². The minimum atomic E-state index is -0.265. The maximum atomic E-state index is 11.9. The summed E-state index contributed by atoms with van der Waals surface area (Å²) in [6.07, 6.45) is 1.96. The SMILES string of the molecule is COc1ccc(C(=O)NCCC2CCOC2)c(O)c1. The Morgan fingerprint density at radius 1 is 1.58 bits per heavy atom. The predicted octanol–water partition coefficient (Wildman–Crippen LogP) is 1.56. The number of ether oxygens (including phenoxy) is 2. The van der Waals surface area contributed by atoms with E-state index < -0.39 is 0 Å². The van der Waals surface area contributed by atoms with Crippen LogP contribution in [0.4, 0.5) is 0 Å². The molecule has 0 aliphatic carbocycles. The third-order valence-electron chi connectivity index (χ3n) is 3.31. The molecule has 1 atom stereocenters. The van der Waals surface area contributed by atoms with Gasteiger partial charge in [0.15, 0.2) is 0 Å². The van der Waals surface area contributed by atoms with Gasteiger partial charge in [-0.2, -0.15) is 0 Å². The third-order valence-corrected chi connectivity index (χ3v) is 3.31. The van der Waals surface area contributed by atoms with E-state index in [4.69, 9.17) is 9.47 Å². The van der Waals surface area contributed by atoms with Crippen LogP contribution in [0.2, 0.25) is 0 Å². The molecule has 1 aliphatic rings. The molecule has 1 aliphatic heterocycles. The van der Waals surface area contributed by atoms with Crippen LogP contribution in [0.3, 0.4) is 0 Å². The lowest BCUT2D eigenvalue weighted by Crippen LogP contribution is -2.26. The highest BCUT2D eigenvalue weighted by Crippen LogP contribution is 2.23. The van der Waals surface area contributed by atoms with Crippen molar-refractivity contribution < 1.29 is 19.4 Å². The summed E-state index contributed by atoms with van der Waals surface area (Å²) in [4.78, 5) is 11.9. The van der Waals surface area contributed by atoms with Crippen molar-refractivity contribution in [2.24, 2.45) is 5.92 Å². The summed E-state index contributed by atoms with van der Waals surface area (Å²) >= 11 is 0. The second-order valence-electron chi connectivity index (χ2n) is 4.66. The molecule has 19 heavy (non-hydrogen) atoms. The molecule has 1 amide bonds. The Balaban J connectivity index is 1.85. The van der Waals surface area contributed by atoms with E-state index in [0.717, 1.165) is 26.1 Å². The number of phenols is 1. The second kappa shape index (κ2) is 6.43. The lowest BCUT2D eigenvalue weighted by atomic mass is 10.1. The second-order valence-corrected chi connectivity index (χ2v) is 4.66. The molecule has 1 unspecified atom stereocenters. The minimum absolute atomic E-state index is 0.0685. The zero-order valence-corrected chi connectivity index (χ0v) is 11.0. The fourth-order valence-corrected chi connectivity index (χ4v) is 2.13. The predicted molar refractivity (Wildman–Crippen MR) is 70.5 cm³/mol. The van der Waals surface area contributed by atoms with Crippen molar-refractivity contribution in [3.8, 4) is 11.5 Å². The van der Waals surface area contributed by atoms with Gasteiger partial charge >= 0.3 is 0 Å². The van der Waals surface area contributed by atoms with E-state index >= 15 is 0 Å². The molecule has 1 fully saturated rings. The summed E-state index contributed by atoms with van der Waals surface area (Å²) in [5.74, 6) is 0.724. The maximum Gasteiger partial charge on any atom is 0.255 e. The fraction of sp³-hybridized carbons (Fsp3) is 0.500. The Hall–Kier alpha value is -1.75. The Morgan fingerprint density at radius 2 is 2.42 bits per heavy atom. The average Bonchev–Trinajstić information content (AvgIpc) is 2.91. The van der Waals surface area contributed by atoms with Crippen LogP contribution in [0.25, 0.3) is 0 Å². The lowest BCUT2D eigenvalue weighted by molar-refractivity contribution is 0.0947. The fourth-order valence-electron chi connectivity index (χ4n) is 2.13. The van der Waals surface area contributed by atoms with Crippen LogP contribution >= 0.6 is 0 Å². The quantitative estimate of drug-likeness (QED) is 0.847. The van der Waals surface area contributed by atoms with Crippen molar-refractivity contribution in [3.05, 3.63) is 23.8 Å². The topological polar surface area (TPSA) is 67.8 Å². The number of hydrogen-bond donors (Lipinski definition) is 2. The van der Waals surface area contributed by atoms with Crippen LogP contribution in [0.15, 0.2) is 18.2 Å². The van der Waals surface area contributed by atoms with Crippen molar-refractivity contribution in [1.29, 1.82) is 0 Å². The monoisotopic (exact) mass is 265 g/mol. The average molecular weight is 265 g/mol. The van der Waals surface area contributed by atoms with Crippen molar-refractivity contribution in [2.45, 2.75) is 12.8 Å². The zero-order chi connectivity index (χ0) is 13.7. The minimum Gasteiger partial charge on any atom is -0.507 e. The summed E-state index contributed by atoms with van der Waals surface area (Å²) in [6, 6.07) is 4.64. The van der Waals surface area contributed by atoms with E-state index in [-0.39, 0.29) is 17.2 Å². The van der Waals surface area contributed by atoms with Crippen molar-refractivity contribution in [2.75, 3.05) is 26.9 Å². The van der Waals surface area contributed by atoms with E-state index in [0.29, 0.717) is 18.2 Å². The van der Waals surface area contributed by atoms with E-state index in [1.165, 1.54) is 13.2 Å². The van der Waals surface area contributed by atoms with Crippen LogP contribution in [0, 0.1) is 5.92 Å². The maximum absolute atomic E-state index is 11.9. The first-order valence-corrected chi connectivity index (χ1v) is 6.43. The molecule has 0 spiro atoms. The van der Waals surface area contributed by atoms with E-state index in [1.54, 1.807) is 12.1 Å². The number of aromatic hydroxyl groups is 1. The van der Waals surface area contributed by atoms with E-state index in [9.17, 15) is 9.90 Å². The Labute approximate surface area is 112 Å². The molecule has 1 aromatic rings. The van der Waals surface area contributed by atoms with Gasteiger partial charge in [0.05, 0.1) is 12.7 Å². The molecule has 2 N–H and O–H groups in total. The van der Waals surface area contributed by atoms with Gasteiger partial charge in [-0.3, -0.25) is 4.79 Å². The molecule has 1 heterocycles. The molecule has 1 saturated heterocycles. The van der Waals surface area contributed by atoms with Crippen LogP contribution in [-0.2, 0) is 4.74 Å². The van der Waals surface area contributed by atoms with Crippen molar-refractivity contribution in [1.82, 2.24) is 5.32 Å². The summed E-state index contributed by atoms with van der Waals surface area (Å²) in [7, 11) is 1.51. The van der Waals surface area contributed by atoms with E-state index in [2.05, 4.69) is 5.32 Å². The first-order valence-electron chi connectivity index (χ1n) is 6.43. The highest BCUT2D eigenvalue weighted by atomic mass is 16.5. The van der Waals surface area contributed by atoms with Crippen molar-refractivity contribution >= 4 is 5.91 Å². The van der Waals surface area contributed by atoms with Gasteiger partial charge in [0.2, 0.25) is 0 Å². The number of amides is 1. The smallest absolute Gasteiger partial charge is 0.255 e. The van der Waals surface area contributed by atoms with Gasteiger partial charge in [0.25, 0.3) is 5.91 Å². The van der Waals surface area contributed by atoms with Crippen LogP contribution < -0.4 is 10.1 Å². The zero-order valence-electron chi connectivity index (χ0n) is 11.0. The van der Waals surface area contributed by atoms with Gasteiger partial charge in [-0.15, -0.1) is 0 Å². The molecule has 0 radical (unpaired) electrons. The number of hydrogen-bond acceptors (Lipinski definition) is 4. The highest BCUT2D eigenvalue weighted by molar-refractivity contribution is 5.96. The van der Waals surface area contributed by atoms with Crippen LogP contribution in [0.5, 0.6) is 11.5 Å². The van der Waals surface area contributed by atoms with Gasteiger partial charge in [0.1, 0.15) is 11.5 Å². The van der Waals surface area contributed by atoms with Gasteiger partial charge < -0.3 is 19.9 Å². The Kier molecular flexibility index (Phi) is 4.63. The molecule has 5 nitrogen and oxygen atoms in total. The first kappa shape index (κ1) is 13.7. The number of phenolic OH excluding ortho intramolecular Hbond substituents is 1. The normalized spacial score (nSPS) is 18.3. The number of carbonyl (C=O) groups excluding carboxylic acids is 1. The molecule has 104 valence electrons. The lowest BCUT2D eigenvalue weighted by Gasteiger charge is -2.10. The number of benzene rings is 1. The highest BCUT2D eigenvalue weighted by Gasteiger charge is 2.16. The number of carbonyl (C=O) groups is 1. The molecular weight excluding hydrogens is 246 g/mol. The molecule has 2 rings (SSSR count). The number of nitrogens with one attached hydrogen (secondary N) is 1. The summed E-state index contributed by atoms with van der Waals surface area (Å²) in [5.41, 5.74) is 0.267. The van der Waals surface area contributed by atoms with Crippen molar-refractivity contribution in [3.63, 3.8) is 0 Å². The van der Waals surface area contributed by atoms with Crippen LogP contribution in [-0.4, -0.2) is 37.9 Å². The summed E-state index contributed by atoms with van der Waals surface area (Å²) in [6.45, 7) is 2.19. The Bertz CT molecular complexity index is 441. The third kappa shape index (κ3) is 3.61. The molecule has 0 bridgehead atoms. The molecule has 1 aromatic carbocycles. The first-order chi connectivity index (χ1) is 9.20. The summed E-state index contributed by atoms with van der Waals surface area (Å²) in [5, 5.41) is 12.6. The van der Waals surface area contributed by atoms with Gasteiger partial charge in [-0.25, -0.2) is 0 Å². The summed E-state index contributed by atoms with van der Waals surface area (Å²) < 4.78 is 10.3. The van der Waals surface area contributed by atoms with E-state index in [1.807, 2.05) is 0 Å². The standard InChI is InChI=1S/C14H19NO4/c1-18-11-2-3-12(13(16)8-11)14(17)15-6-4-10-5-7-19-9-10/h2-3,8,10,16H,4-7,9H2,1H3,(H,15,17). The van der Waals surface area contributed by atoms with Gasteiger partial charge in [-0.05, 0) is 30.9 Å². The van der Waals surface area contributed by atoms with Gasteiger partial charge in [-0.1, -0.05) is 0 Å². The largest absolute Gasteiger partial charge is 0.507 e. The number of methoxy groups -OCH3 is 1. The molecular formula is C14H19NO4. The van der Waals surface area contributed by atoms with Gasteiger partial charge in [0, 0.05) is 25.8 Å². The molecule has 0 aromatic heterocycles.